The Kier molecular flexibility index (Phi) is 4.21. The quantitative estimate of drug-likeness (QED) is 0.838. The van der Waals surface area contributed by atoms with Crippen molar-refractivity contribution in [2.24, 2.45) is 0 Å². The minimum Gasteiger partial charge on any atom is -0.489 e. The lowest BCUT2D eigenvalue weighted by Gasteiger charge is -2.23. The van der Waals surface area contributed by atoms with E-state index in [-0.39, 0.29) is 11.2 Å². The maximum absolute atomic E-state index is 13.1. The first-order valence-electron chi connectivity index (χ1n) is 7.05. The van der Waals surface area contributed by atoms with Crippen LogP contribution in [0.15, 0.2) is 36.4 Å². The molecule has 2 nitrogen and oxygen atoms in total. The molecule has 0 fully saturated rings. The summed E-state index contributed by atoms with van der Waals surface area (Å²) in [6.45, 7) is 8.81. The van der Waals surface area contributed by atoms with Gasteiger partial charge in [0.05, 0.1) is 0 Å². The van der Waals surface area contributed by atoms with E-state index < -0.39 is 0 Å². The van der Waals surface area contributed by atoms with Crippen LogP contribution in [0.25, 0.3) is 0 Å². The number of rotatable bonds is 3. The fourth-order valence-corrected chi connectivity index (χ4v) is 2.22. The summed E-state index contributed by atoms with van der Waals surface area (Å²) in [6, 6.07) is 10.6. The van der Waals surface area contributed by atoms with Crippen molar-refractivity contribution in [3.05, 3.63) is 58.9 Å². The zero-order valence-electron chi connectivity index (χ0n) is 13.0. The zero-order valence-corrected chi connectivity index (χ0v) is 13.0. The third kappa shape index (κ3) is 3.75. The molecule has 2 N–H and O–H groups in total. The highest BCUT2D eigenvalue weighted by Gasteiger charge is 2.19. The Bertz CT molecular complexity index is 644. The Labute approximate surface area is 125 Å². The van der Waals surface area contributed by atoms with Gasteiger partial charge >= 0.3 is 0 Å². The summed E-state index contributed by atoms with van der Waals surface area (Å²) >= 11 is 0. The molecule has 3 heteroatoms. The average Bonchev–Trinajstić information content (AvgIpc) is 2.36. The zero-order chi connectivity index (χ0) is 15.6. The van der Waals surface area contributed by atoms with Crippen molar-refractivity contribution in [1.82, 2.24) is 0 Å². The first-order valence-corrected chi connectivity index (χ1v) is 7.05. The number of halogens is 1. The predicted octanol–water partition coefficient (Wildman–Crippen LogP) is 4.59. The standard InChI is InChI=1S/C18H22FNO/c1-12-5-8-15(18(2,3)4)17(9-12)21-11-13-6-7-14(19)10-16(13)20/h5-10H,11,20H2,1-4H3. The van der Waals surface area contributed by atoms with Gasteiger partial charge in [-0.1, -0.05) is 39.0 Å². The molecule has 0 saturated heterocycles. The molecule has 0 aliphatic carbocycles. The van der Waals surface area contributed by atoms with Gasteiger partial charge < -0.3 is 10.5 Å². The van der Waals surface area contributed by atoms with Crippen LogP contribution in [0.5, 0.6) is 5.75 Å². The van der Waals surface area contributed by atoms with Crippen molar-refractivity contribution in [2.45, 2.75) is 39.7 Å². The molecule has 0 saturated carbocycles. The van der Waals surface area contributed by atoms with Crippen molar-refractivity contribution in [2.75, 3.05) is 5.73 Å². The van der Waals surface area contributed by atoms with E-state index >= 15 is 0 Å². The van der Waals surface area contributed by atoms with Crippen molar-refractivity contribution in [3.63, 3.8) is 0 Å². The van der Waals surface area contributed by atoms with Gasteiger partial charge in [-0.05, 0) is 41.7 Å². The van der Waals surface area contributed by atoms with E-state index in [4.69, 9.17) is 10.5 Å². The van der Waals surface area contributed by atoms with E-state index in [9.17, 15) is 4.39 Å². The molecular formula is C18H22FNO. The number of nitrogen functional groups attached to an aromatic ring is 1. The van der Waals surface area contributed by atoms with E-state index in [0.29, 0.717) is 12.3 Å². The second-order valence-corrected chi connectivity index (χ2v) is 6.38. The SMILES string of the molecule is Cc1ccc(C(C)(C)C)c(OCc2ccc(F)cc2N)c1. The number of hydrogen-bond donors (Lipinski definition) is 1. The van der Waals surface area contributed by atoms with Crippen LogP contribution in [0, 0.1) is 12.7 Å². The second-order valence-electron chi connectivity index (χ2n) is 6.38. The highest BCUT2D eigenvalue weighted by atomic mass is 19.1. The van der Waals surface area contributed by atoms with Gasteiger partial charge in [0, 0.05) is 11.3 Å². The number of anilines is 1. The first kappa shape index (κ1) is 15.4. The molecular weight excluding hydrogens is 265 g/mol. The third-order valence-electron chi connectivity index (χ3n) is 3.44. The van der Waals surface area contributed by atoms with Crippen molar-refractivity contribution in [1.29, 1.82) is 0 Å². The molecule has 0 aliphatic rings. The van der Waals surface area contributed by atoms with Crippen molar-refractivity contribution in [3.8, 4) is 5.75 Å². The molecule has 112 valence electrons. The highest BCUT2D eigenvalue weighted by Crippen LogP contribution is 2.32. The largest absolute Gasteiger partial charge is 0.489 e. The van der Waals surface area contributed by atoms with Crippen LogP contribution in [0.1, 0.15) is 37.5 Å². The number of hydrogen-bond acceptors (Lipinski definition) is 2. The van der Waals surface area contributed by atoms with Crippen LogP contribution < -0.4 is 10.5 Å². The maximum Gasteiger partial charge on any atom is 0.125 e. The topological polar surface area (TPSA) is 35.2 Å². The Morgan fingerprint density at radius 2 is 1.81 bits per heavy atom. The van der Waals surface area contributed by atoms with Gasteiger partial charge in [0.2, 0.25) is 0 Å². The van der Waals surface area contributed by atoms with Gasteiger partial charge in [-0.25, -0.2) is 4.39 Å². The van der Waals surface area contributed by atoms with E-state index in [1.807, 2.05) is 13.0 Å². The van der Waals surface area contributed by atoms with Crippen LogP contribution in [0.4, 0.5) is 10.1 Å². The van der Waals surface area contributed by atoms with Gasteiger partial charge in [0.1, 0.15) is 18.2 Å². The summed E-state index contributed by atoms with van der Waals surface area (Å²) in [4.78, 5) is 0. The lowest BCUT2D eigenvalue weighted by molar-refractivity contribution is 0.298. The van der Waals surface area contributed by atoms with E-state index in [1.54, 1.807) is 6.07 Å². The van der Waals surface area contributed by atoms with Crippen LogP contribution in [-0.2, 0) is 12.0 Å². The molecule has 0 bridgehead atoms. The summed E-state index contributed by atoms with van der Waals surface area (Å²) in [6.07, 6.45) is 0. The van der Waals surface area contributed by atoms with Crippen molar-refractivity contribution >= 4 is 5.69 Å². The Morgan fingerprint density at radius 1 is 1.10 bits per heavy atom. The van der Waals surface area contributed by atoms with E-state index in [0.717, 1.165) is 22.4 Å². The van der Waals surface area contributed by atoms with Crippen LogP contribution >= 0.6 is 0 Å². The van der Waals surface area contributed by atoms with Gasteiger partial charge in [-0.2, -0.15) is 0 Å². The molecule has 0 spiro atoms. The molecule has 0 aliphatic heterocycles. The molecule has 2 aromatic rings. The predicted molar refractivity (Wildman–Crippen MR) is 85.0 cm³/mol. The maximum atomic E-state index is 13.1. The summed E-state index contributed by atoms with van der Waals surface area (Å²) in [7, 11) is 0. The Hall–Kier alpha value is -2.03. The summed E-state index contributed by atoms with van der Waals surface area (Å²) in [5, 5.41) is 0. The van der Waals surface area contributed by atoms with Crippen molar-refractivity contribution < 1.29 is 9.13 Å². The molecule has 2 rings (SSSR count). The first-order chi connectivity index (χ1) is 9.77. The number of ether oxygens (including phenoxy) is 1. The molecule has 21 heavy (non-hydrogen) atoms. The number of benzene rings is 2. The third-order valence-corrected chi connectivity index (χ3v) is 3.44. The molecule has 0 radical (unpaired) electrons. The molecule has 0 amide bonds. The lowest BCUT2D eigenvalue weighted by Crippen LogP contribution is -2.14. The van der Waals surface area contributed by atoms with E-state index in [2.05, 4.69) is 32.9 Å². The summed E-state index contributed by atoms with van der Waals surface area (Å²) < 4.78 is 19.0. The van der Waals surface area contributed by atoms with Gasteiger partial charge in [0.15, 0.2) is 0 Å². The fraction of sp³-hybridized carbons (Fsp3) is 0.333. The van der Waals surface area contributed by atoms with Gasteiger partial charge in [0.25, 0.3) is 0 Å². The normalized spacial score (nSPS) is 11.5. The van der Waals surface area contributed by atoms with E-state index in [1.165, 1.54) is 12.1 Å². The Balaban J connectivity index is 2.25. The van der Waals surface area contributed by atoms with Crippen LogP contribution in [0.3, 0.4) is 0 Å². The van der Waals surface area contributed by atoms with Crippen LogP contribution in [-0.4, -0.2) is 0 Å². The Morgan fingerprint density at radius 3 is 2.43 bits per heavy atom. The average molecular weight is 287 g/mol. The fourth-order valence-electron chi connectivity index (χ4n) is 2.22. The number of nitrogens with two attached hydrogens (primary N) is 1. The second kappa shape index (κ2) is 5.76. The lowest BCUT2D eigenvalue weighted by atomic mass is 9.86. The summed E-state index contributed by atoms with van der Waals surface area (Å²) in [5.41, 5.74) is 9.31. The molecule has 0 heterocycles. The van der Waals surface area contributed by atoms with Gasteiger partial charge in [-0.15, -0.1) is 0 Å². The summed E-state index contributed by atoms with van der Waals surface area (Å²) in [5.74, 6) is 0.522. The minimum atomic E-state index is -0.331. The molecule has 0 unspecified atom stereocenters. The van der Waals surface area contributed by atoms with Crippen LogP contribution in [0.2, 0.25) is 0 Å². The smallest absolute Gasteiger partial charge is 0.125 e. The minimum absolute atomic E-state index is 0.00261. The molecule has 0 aromatic heterocycles. The highest BCUT2D eigenvalue weighted by molar-refractivity contribution is 5.47. The van der Waals surface area contributed by atoms with Gasteiger partial charge in [-0.3, -0.25) is 0 Å². The molecule has 2 aromatic carbocycles. The number of aryl methyl sites for hydroxylation is 1. The molecule has 0 atom stereocenters. The monoisotopic (exact) mass is 287 g/mol.